The van der Waals surface area contributed by atoms with Crippen LogP contribution >= 0.6 is 0 Å². The highest BCUT2D eigenvalue weighted by molar-refractivity contribution is 5.77. The summed E-state index contributed by atoms with van der Waals surface area (Å²) in [5.74, 6) is 0.279. The van der Waals surface area contributed by atoms with Crippen LogP contribution in [0.3, 0.4) is 0 Å². The molecular formula is C31H47NO3. The van der Waals surface area contributed by atoms with E-state index in [1.165, 1.54) is 18.2 Å². The summed E-state index contributed by atoms with van der Waals surface area (Å²) in [6, 6.07) is 21.0. The Morgan fingerprint density at radius 3 is 1.83 bits per heavy atom. The third kappa shape index (κ3) is 7.41. The molecule has 0 saturated heterocycles. The molecule has 0 bridgehead atoms. The van der Waals surface area contributed by atoms with Gasteiger partial charge in [-0.3, -0.25) is 9.63 Å². The Morgan fingerprint density at radius 1 is 0.886 bits per heavy atom. The number of hydrogen-bond acceptors (Lipinski definition) is 4. The maximum Gasteiger partial charge on any atom is 0.314 e. The second-order valence-electron chi connectivity index (χ2n) is 11.4. The van der Waals surface area contributed by atoms with E-state index in [9.17, 15) is 4.79 Å². The van der Waals surface area contributed by atoms with Crippen molar-refractivity contribution in [2.45, 2.75) is 98.3 Å². The summed E-state index contributed by atoms with van der Waals surface area (Å²) in [5, 5.41) is 2.14. The zero-order valence-electron chi connectivity index (χ0n) is 23.4. The number of rotatable bonds is 12. The first-order valence-electron chi connectivity index (χ1n) is 13.1. The van der Waals surface area contributed by atoms with Gasteiger partial charge >= 0.3 is 5.97 Å². The standard InChI is InChI=1S/C31H47NO3/c1-10-17-27(31(8,29(33)34-9)22-24(4)25-18-13-11-14-19-25)35-32(30(5,6)7)28(23(2)3)26-20-15-12-16-21-26/h11-16,18-21,23-24,27-28H,10,17,22H2,1-9H3. The second-order valence-corrected chi connectivity index (χ2v) is 11.4. The number of benzene rings is 2. The van der Waals surface area contributed by atoms with Gasteiger partial charge in [-0.25, -0.2) is 0 Å². The average molecular weight is 482 g/mol. The molecule has 0 aromatic heterocycles. The van der Waals surface area contributed by atoms with Gasteiger partial charge in [0.15, 0.2) is 0 Å². The first kappa shape index (κ1) is 29.1. The first-order valence-corrected chi connectivity index (χ1v) is 13.1. The number of esters is 1. The number of carbonyl (C=O) groups is 1. The number of hydrogen-bond donors (Lipinski definition) is 0. The number of methoxy groups -OCH3 is 1. The summed E-state index contributed by atoms with van der Waals surface area (Å²) >= 11 is 0. The molecule has 0 aliphatic carbocycles. The van der Waals surface area contributed by atoms with Crippen molar-refractivity contribution >= 4 is 5.97 Å². The van der Waals surface area contributed by atoms with E-state index in [0.717, 1.165) is 12.8 Å². The van der Waals surface area contributed by atoms with Gasteiger partial charge in [-0.15, -0.1) is 0 Å². The van der Waals surface area contributed by atoms with Gasteiger partial charge in [-0.1, -0.05) is 94.8 Å². The van der Waals surface area contributed by atoms with E-state index in [4.69, 9.17) is 9.57 Å². The lowest BCUT2D eigenvalue weighted by atomic mass is 9.73. The van der Waals surface area contributed by atoms with Crippen molar-refractivity contribution in [3.63, 3.8) is 0 Å². The molecule has 2 aromatic rings. The Hall–Kier alpha value is -2.17. The predicted octanol–water partition coefficient (Wildman–Crippen LogP) is 7.96. The fourth-order valence-corrected chi connectivity index (χ4v) is 5.08. The van der Waals surface area contributed by atoms with Crippen molar-refractivity contribution in [2.75, 3.05) is 7.11 Å². The number of ether oxygens (including phenoxy) is 1. The molecule has 194 valence electrons. The Bertz CT molecular complexity index is 890. The van der Waals surface area contributed by atoms with Crippen LogP contribution in [0.15, 0.2) is 60.7 Å². The van der Waals surface area contributed by atoms with E-state index in [-0.39, 0.29) is 29.6 Å². The molecule has 2 rings (SSSR count). The fraction of sp³-hybridized carbons (Fsp3) is 0.581. The lowest BCUT2D eigenvalue weighted by molar-refractivity contribution is -0.295. The molecule has 4 nitrogen and oxygen atoms in total. The smallest absolute Gasteiger partial charge is 0.314 e. The Morgan fingerprint density at radius 2 is 1.40 bits per heavy atom. The molecule has 4 atom stereocenters. The van der Waals surface area contributed by atoms with Crippen molar-refractivity contribution in [2.24, 2.45) is 11.3 Å². The minimum Gasteiger partial charge on any atom is -0.469 e. The van der Waals surface area contributed by atoms with Crippen LogP contribution in [0.5, 0.6) is 0 Å². The van der Waals surface area contributed by atoms with E-state index in [1.807, 2.05) is 19.1 Å². The minimum absolute atomic E-state index is 0.0454. The highest BCUT2D eigenvalue weighted by atomic mass is 16.7. The zero-order valence-corrected chi connectivity index (χ0v) is 23.4. The van der Waals surface area contributed by atoms with Gasteiger partial charge in [0, 0.05) is 5.54 Å². The summed E-state index contributed by atoms with van der Waals surface area (Å²) in [5.41, 5.74) is 1.35. The molecule has 0 spiro atoms. The van der Waals surface area contributed by atoms with E-state index in [2.05, 4.69) is 102 Å². The topological polar surface area (TPSA) is 38.8 Å². The van der Waals surface area contributed by atoms with Gasteiger partial charge in [0.25, 0.3) is 0 Å². The lowest BCUT2D eigenvalue weighted by Crippen LogP contribution is -2.52. The predicted molar refractivity (Wildman–Crippen MR) is 145 cm³/mol. The normalized spacial score (nSPS) is 16.5. The Kier molecular flexibility index (Phi) is 10.5. The maximum atomic E-state index is 13.4. The molecular weight excluding hydrogens is 434 g/mol. The van der Waals surface area contributed by atoms with E-state index in [1.54, 1.807) is 0 Å². The van der Waals surface area contributed by atoms with Crippen molar-refractivity contribution in [1.29, 1.82) is 0 Å². The largest absolute Gasteiger partial charge is 0.469 e. The zero-order chi connectivity index (χ0) is 26.2. The SMILES string of the molecule is CCCC(ON(C(c1ccccc1)C(C)C)C(C)(C)C)C(C)(CC(C)c1ccccc1)C(=O)OC. The molecule has 0 radical (unpaired) electrons. The summed E-state index contributed by atoms with van der Waals surface area (Å²) in [6.45, 7) is 17.3. The highest BCUT2D eigenvalue weighted by Crippen LogP contribution is 2.43. The maximum absolute atomic E-state index is 13.4. The number of nitrogens with zero attached hydrogens (tertiary/aromatic N) is 1. The molecule has 2 aromatic carbocycles. The second kappa shape index (κ2) is 12.7. The van der Waals surface area contributed by atoms with Crippen LogP contribution in [0.2, 0.25) is 0 Å². The van der Waals surface area contributed by atoms with Crippen LogP contribution in [-0.2, 0) is 14.4 Å². The van der Waals surface area contributed by atoms with E-state index in [0.29, 0.717) is 12.3 Å². The van der Waals surface area contributed by atoms with Crippen LogP contribution < -0.4 is 0 Å². The van der Waals surface area contributed by atoms with Crippen LogP contribution in [-0.4, -0.2) is 29.8 Å². The fourth-order valence-electron chi connectivity index (χ4n) is 5.08. The molecule has 0 N–H and O–H groups in total. The van der Waals surface area contributed by atoms with Crippen LogP contribution in [0.25, 0.3) is 0 Å². The summed E-state index contributed by atoms with van der Waals surface area (Å²) in [7, 11) is 1.49. The van der Waals surface area contributed by atoms with E-state index < -0.39 is 5.41 Å². The van der Waals surface area contributed by atoms with Crippen LogP contribution in [0, 0.1) is 11.3 Å². The van der Waals surface area contributed by atoms with Crippen molar-refractivity contribution in [1.82, 2.24) is 5.06 Å². The van der Waals surface area contributed by atoms with Crippen LogP contribution in [0.1, 0.15) is 97.7 Å². The molecule has 0 fully saturated rings. The highest BCUT2D eigenvalue weighted by Gasteiger charge is 2.47. The monoisotopic (exact) mass is 481 g/mol. The number of hydroxylamine groups is 2. The first-order chi connectivity index (χ1) is 16.5. The molecule has 35 heavy (non-hydrogen) atoms. The van der Waals surface area contributed by atoms with Gasteiger partial charge < -0.3 is 4.74 Å². The minimum atomic E-state index is -0.804. The van der Waals surface area contributed by atoms with Gasteiger partial charge in [0.05, 0.1) is 24.7 Å². The summed E-state index contributed by atoms with van der Waals surface area (Å²) in [4.78, 5) is 20.4. The third-order valence-corrected chi connectivity index (χ3v) is 6.94. The average Bonchev–Trinajstić information content (AvgIpc) is 2.82. The summed E-state index contributed by atoms with van der Waals surface area (Å²) in [6.07, 6.45) is 1.99. The van der Waals surface area contributed by atoms with Gasteiger partial charge in [-0.05, 0) is 63.5 Å². The molecule has 4 heteroatoms. The molecule has 0 amide bonds. The van der Waals surface area contributed by atoms with Crippen molar-refractivity contribution in [3.8, 4) is 0 Å². The van der Waals surface area contributed by atoms with E-state index >= 15 is 0 Å². The molecule has 4 unspecified atom stereocenters. The Labute approximate surface area is 214 Å². The third-order valence-electron chi connectivity index (χ3n) is 6.94. The van der Waals surface area contributed by atoms with Gasteiger partial charge in [-0.2, -0.15) is 5.06 Å². The van der Waals surface area contributed by atoms with Gasteiger partial charge in [0.1, 0.15) is 0 Å². The molecule has 0 heterocycles. The van der Waals surface area contributed by atoms with Crippen molar-refractivity contribution < 1.29 is 14.4 Å². The van der Waals surface area contributed by atoms with Crippen LogP contribution in [0.4, 0.5) is 0 Å². The lowest BCUT2D eigenvalue weighted by Gasteiger charge is -2.47. The quantitative estimate of drug-likeness (QED) is 0.228. The molecule has 0 aliphatic rings. The Balaban J connectivity index is 2.51. The summed E-state index contributed by atoms with van der Waals surface area (Å²) < 4.78 is 5.40. The van der Waals surface area contributed by atoms with Gasteiger partial charge in [0.2, 0.25) is 0 Å². The molecule has 0 aliphatic heterocycles. The number of carbonyl (C=O) groups excluding carboxylic acids is 1. The molecule has 0 saturated carbocycles. The van der Waals surface area contributed by atoms with Crippen molar-refractivity contribution in [3.05, 3.63) is 71.8 Å².